The Labute approximate surface area is 225 Å². The Bertz CT molecular complexity index is 1030. The Morgan fingerprint density at radius 3 is 2.13 bits per heavy atom. The SMILES string of the molecule is C[C@]1(O[C@H]2OC(CO)[C@@H](O)C(O)C2NCc2ccc(F)cc2)OC(CO)[C@@H](O)[C@H](O)C1OCc1ccccc1. The molecule has 2 fully saturated rings. The molecule has 0 bridgehead atoms. The van der Waals surface area contributed by atoms with Gasteiger partial charge < -0.3 is 54.9 Å². The summed E-state index contributed by atoms with van der Waals surface area (Å²) < 4.78 is 37.2. The van der Waals surface area contributed by atoms with Gasteiger partial charge in [0.05, 0.1) is 25.9 Å². The van der Waals surface area contributed by atoms with Gasteiger partial charge in [-0.2, -0.15) is 0 Å². The molecule has 2 saturated heterocycles. The molecule has 4 rings (SSSR count). The number of aliphatic hydroxyl groups is 6. The second-order valence-corrected chi connectivity index (χ2v) is 9.91. The number of hydrogen-bond acceptors (Lipinski definition) is 11. The monoisotopic (exact) mass is 553 g/mol. The fourth-order valence-corrected chi connectivity index (χ4v) is 4.87. The summed E-state index contributed by atoms with van der Waals surface area (Å²) in [7, 11) is 0. The zero-order chi connectivity index (χ0) is 28.2. The molecule has 2 aliphatic heterocycles. The third kappa shape index (κ3) is 6.81. The topological polar surface area (TPSA) is 170 Å². The van der Waals surface area contributed by atoms with Crippen molar-refractivity contribution in [2.75, 3.05) is 13.2 Å². The molecule has 7 N–H and O–H groups in total. The third-order valence-corrected chi connectivity index (χ3v) is 7.08. The predicted octanol–water partition coefficient (Wildman–Crippen LogP) is -0.846. The van der Waals surface area contributed by atoms with Crippen LogP contribution in [0.3, 0.4) is 0 Å². The average molecular weight is 554 g/mol. The maximum Gasteiger partial charge on any atom is 0.197 e. The van der Waals surface area contributed by atoms with E-state index in [2.05, 4.69) is 5.32 Å². The molecule has 216 valence electrons. The Kier molecular flexibility index (Phi) is 10.0. The fraction of sp³-hybridized carbons (Fsp3) is 0.556. The van der Waals surface area contributed by atoms with Crippen LogP contribution in [0.2, 0.25) is 0 Å². The van der Waals surface area contributed by atoms with Gasteiger partial charge in [0, 0.05) is 6.54 Å². The number of nitrogens with one attached hydrogen (secondary N) is 1. The molecule has 39 heavy (non-hydrogen) atoms. The van der Waals surface area contributed by atoms with Gasteiger partial charge in [-0.3, -0.25) is 0 Å². The van der Waals surface area contributed by atoms with Crippen molar-refractivity contribution >= 4 is 0 Å². The molecule has 0 amide bonds. The van der Waals surface area contributed by atoms with Gasteiger partial charge in [-0.25, -0.2) is 4.39 Å². The summed E-state index contributed by atoms with van der Waals surface area (Å²) in [6, 6.07) is 13.6. The van der Waals surface area contributed by atoms with E-state index >= 15 is 0 Å². The Morgan fingerprint density at radius 1 is 0.846 bits per heavy atom. The van der Waals surface area contributed by atoms with Gasteiger partial charge in [-0.05, 0) is 30.2 Å². The molecule has 5 unspecified atom stereocenters. The minimum atomic E-state index is -1.83. The lowest BCUT2D eigenvalue weighted by atomic mass is 9.92. The molecule has 10 atom stereocenters. The highest BCUT2D eigenvalue weighted by Crippen LogP contribution is 2.37. The maximum atomic E-state index is 13.3. The van der Waals surface area contributed by atoms with Crippen LogP contribution in [-0.4, -0.2) is 105 Å². The van der Waals surface area contributed by atoms with E-state index in [1.54, 1.807) is 12.1 Å². The lowest BCUT2D eigenvalue weighted by Gasteiger charge is -2.51. The molecule has 2 aromatic rings. The van der Waals surface area contributed by atoms with Crippen molar-refractivity contribution in [3.8, 4) is 0 Å². The molecule has 11 nitrogen and oxygen atoms in total. The highest BCUT2D eigenvalue weighted by atomic mass is 19.1. The van der Waals surface area contributed by atoms with Crippen LogP contribution in [0.15, 0.2) is 54.6 Å². The van der Waals surface area contributed by atoms with Crippen molar-refractivity contribution in [3.63, 3.8) is 0 Å². The quantitative estimate of drug-likeness (QED) is 0.196. The first-order valence-electron chi connectivity index (χ1n) is 12.7. The first-order valence-corrected chi connectivity index (χ1v) is 12.7. The summed E-state index contributed by atoms with van der Waals surface area (Å²) >= 11 is 0. The summed E-state index contributed by atoms with van der Waals surface area (Å²) in [6.07, 6.45) is -11.1. The lowest BCUT2D eigenvalue weighted by molar-refractivity contribution is -0.413. The van der Waals surface area contributed by atoms with Gasteiger partial charge >= 0.3 is 0 Å². The summed E-state index contributed by atoms with van der Waals surface area (Å²) in [5, 5.41) is 65.5. The van der Waals surface area contributed by atoms with E-state index in [0.717, 1.165) is 5.56 Å². The van der Waals surface area contributed by atoms with Crippen LogP contribution in [-0.2, 0) is 32.1 Å². The first kappa shape index (κ1) is 29.9. The molecule has 0 radical (unpaired) electrons. The van der Waals surface area contributed by atoms with Gasteiger partial charge in [0.2, 0.25) is 0 Å². The molecule has 2 heterocycles. The van der Waals surface area contributed by atoms with Crippen molar-refractivity contribution in [1.29, 1.82) is 0 Å². The second-order valence-electron chi connectivity index (χ2n) is 9.91. The van der Waals surface area contributed by atoms with Crippen LogP contribution in [0, 0.1) is 5.82 Å². The number of halogens is 1. The summed E-state index contributed by atoms with van der Waals surface area (Å²) in [6.45, 7) is 0.329. The smallest absolute Gasteiger partial charge is 0.197 e. The molecule has 0 aliphatic carbocycles. The fourth-order valence-electron chi connectivity index (χ4n) is 4.87. The normalized spacial score (nSPS) is 37.1. The minimum Gasteiger partial charge on any atom is -0.394 e. The van der Waals surface area contributed by atoms with Gasteiger partial charge in [0.1, 0.15) is 48.5 Å². The second kappa shape index (κ2) is 13.1. The number of rotatable bonds is 10. The molecular weight excluding hydrogens is 517 g/mol. The van der Waals surface area contributed by atoms with Crippen molar-refractivity contribution in [1.82, 2.24) is 5.32 Å². The predicted molar refractivity (Wildman–Crippen MR) is 133 cm³/mol. The molecule has 2 aliphatic rings. The highest BCUT2D eigenvalue weighted by molar-refractivity contribution is 5.16. The average Bonchev–Trinajstić information content (AvgIpc) is 2.94. The van der Waals surface area contributed by atoms with E-state index in [9.17, 15) is 35.0 Å². The van der Waals surface area contributed by atoms with Crippen molar-refractivity contribution in [2.24, 2.45) is 0 Å². The van der Waals surface area contributed by atoms with Crippen LogP contribution >= 0.6 is 0 Å². The van der Waals surface area contributed by atoms with Gasteiger partial charge in [0.15, 0.2) is 12.1 Å². The summed E-state index contributed by atoms with van der Waals surface area (Å²) in [5.74, 6) is -2.24. The summed E-state index contributed by atoms with van der Waals surface area (Å²) in [5.41, 5.74) is 1.45. The van der Waals surface area contributed by atoms with E-state index < -0.39 is 79.9 Å². The van der Waals surface area contributed by atoms with Gasteiger partial charge in [0.25, 0.3) is 0 Å². The molecule has 12 heteroatoms. The molecule has 0 spiro atoms. The van der Waals surface area contributed by atoms with Crippen molar-refractivity contribution in [2.45, 2.75) is 80.9 Å². The van der Waals surface area contributed by atoms with Crippen LogP contribution in [0.5, 0.6) is 0 Å². The van der Waals surface area contributed by atoms with Crippen molar-refractivity contribution in [3.05, 3.63) is 71.5 Å². The number of aliphatic hydroxyl groups excluding tert-OH is 6. The van der Waals surface area contributed by atoms with E-state index in [1.165, 1.54) is 19.1 Å². The number of benzene rings is 2. The Morgan fingerprint density at radius 2 is 1.49 bits per heavy atom. The number of hydrogen-bond donors (Lipinski definition) is 7. The lowest BCUT2D eigenvalue weighted by Crippen LogP contribution is -2.70. The van der Waals surface area contributed by atoms with Crippen LogP contribution < -0.4 is 5.32 Å². The Balaban J connectivity index is 1.59. The van der Waals surface area contributed by atoms with E-state index in [0.29, 0.717) is 5.56 Å². The van der Waals surface area contributed by atoms with E-state index in [1.807, 2.05) is 30.3 Å². The van der Waals surface area contributed by atoms with Crippen molar-refractivity contribution < 1.29 is 54.0 Å². The largest absolute Gasteiger partial charge is 0.394 e. The zero-order valence-corrected chi connectivity index (χ0v) is 21.4. The first-order chi connectivity index (χ1) is 18.7. The Hall–Kier alpha value is -2.07. The summed E-state index contributed by atoms with van der Waals surface area (Å²) in [4.78, 5) is 0. The van der Waals surface area contributed by atoms with Gasteiger partial charge in [-0.15, -0.1) is 0 Å². The molecule has 0 aromatic heterocycles. The molecular formula is C27H36FNO10. The van der Waals surface area contributed by atoms with Crippen LogP contribution in [0.4, 0.5) is 4.39 Å². The van der Waals surface area contributed by atoms with Crippen LogP contribution in [0.25, 0.3) is 0 Å². The maximum absolute atomic E-state index is 13.3. The number of ether oxygens (including phenoxy) is 4. The standard InChI is InChI=1S/C27H36FNO10/c1-27(25(24(35)22(33)19(13-31)38-27)36-14-16-5-3-2-4-6-16)39-26-20(23(34)21(32)18(12-30)37-26)29-11-15-7-9-17(28)10-8-15/h2-10,18-26,29-35H,11-14H2,1H3/t18?,19?,20?,21-,22-,23?,24+,25?,26-,27-/m1/s1. The van der Waals surface area contributed by atoms with Crippen LogP contribution in [0.1, 0.15) is 18.1 Å². The zero-order valence-electron chi connectivity index (χ0n) is 21.4. The molecule has 0 saturated carbocycles. The van der Waals surface area contributed by atoms with E-state index in [4.69, 9.17) is 18.9 Å². The van der Waals surface area contributed by atoms with Gasteiger partial charge in [-0.1, -0.05) is 42.5 Å². The third-order valence-electron chi connectivity index (χ3n) is 7.08. The highest BCUT2D eigenvalue weighted by Gasteiger charge is 2.56. The van der Waals surface area contributed by atoms with E-state index in [-0.39, 0.29) is 13.2 Å². The molecule has 2 aromatic carbocycles. The minimum absolute atomic E-state index is 0.0275.